The monoisotopic (exact) mass is 367 g/mol. The van der Waals surface area contributed by atoms with Crippen LogP contribution in [-0.2, 0) is 10.0 Å². The van der Waals surface area contributed by atoms with Crippen LogP contribution in [0.25, 0.3) is 5.65 Å². The maximum absolute atomic E-state index is 12.0. The highest BCUT2D eigenvalue weighted by atomic mass is 32.2. The van der Waals surface area contributed by atoms with Gasteiger partial charge in [-0.1, -0.05) is 13.8 Å². The molecule has 0 aromatic carbocycles. The Bertz CT molecular complexity index is 886. The van der Waals surface area contributed by atoms with E-state index in [1.165, 1.54) is 17.1 Å². The highest BCUT2D eigenvalue weighted by Gasteiger charge is 2.27. The van der Waals surface area contributed by atoms with Gasteiger partial charge in [-0.15, -0.1) is 5.10 Å². The Hall–Kier alpha value is -2.49. The molecule has 0 unspecified atom stereocenters. The minimum Gasteiger partial charge on any atom is -0.476 e. The maximum Gasteiger partial charge on any atom is 0.255 e. The minimum absolute atomic E-state index is 0.118. The zero-order valence-electron chi connectivity index (χ0n) is 14.6. The Kier molecular flexibility index (Phi) is 5.41. The second-order valence-corrected chi connectivity index (χ2v) is 8.27. The summed E-state index contributed by atoms with van der Waals surface area (Å²) in [6.45, 7) is 3.65. The molecule has 0 fully saturated rings. The van der Waals surface area contributed by atoms with Crippen molar-refractivity contribution in [1.82, 2.24) is 19.5 Å². The summed E-state index contributed by atoms with van der Waals surface area (Å²) in [6, 6.07) is 3.28. The normalized spacial score (nSPS) is 12.6. The highest BCUT2D eigenvalue weighted by molar-refractivity contribution is 7.90. The summed E-state index contributed by atoms with van der Waals surface area (Å²) in [7, 11) is -0.223. The van der Waals surface area contributed by atoms with Gasteiger partial charge in [0, 0.05) is 25.6 Å². The molecule has 2 rings (SSSR count). The number of imidazole rings is 1. The van der Waals surface area contributed by atoms with Crippen LogP contribution in [0, 0.1) is 5.41 Å². The first-order valence-corrected chi connectivity index (χ1v) is 9.10. The van der Waals surface area contributed by atoms with Crippen molar-refractivity contribution >= 4 is 28.3 Å². The Balaban J connectivity index is 2.07. The van der Waals surface area contributed by atoms with Crippen molar-refractivity contribution < 1.29 is 17.9 Å². The molecule has 9 nitrogen and oxygen atoms in total. The molecule has 0 bridgehead atoms. The molecule has 0 aliphatic rings. The summed E-state index contributed by atoms with van der Waals surface area (Å²) in [4.78, 5) is 16.5. The molecule has 0 amide bonds. The summed E-state index contributed by atoms with van der Waals surface area (Å²) in [6.07, 6.45) is 3.32. The van der Waals surface area contributed by atoms with Gasteiger partial charge in [-0.05, 0) is 6.07 Å². The molecule has 0 N–H and O–H groups in total. The van der Waals surface area contributed by atoms with Gasteiger partial charge < -0.3 is 9.64 Å². The summed E-state index contributed by atoms with van der Waals surface area (Å²) in [5.74, 6) is 0.105. The molecule has 0 saturated heterocycles. The summed E-state index contributed by atoms with van der Waals surface area (Å²) >= 11 is 0. The van der Waals surface area contributed by atoms with E-state index in [4.69, 9.17) is 4.74 Å². The predicted molar refractivity (Wildman–Crippen MR) is 93.6 cm³/mol. The smallest absolute Gasteiger partial charge is 0.255 e. The number of hydrogen-bond donors (Lipinski definition) is 0. The van der Waals surface area contributed by atoms with Crippen molar-refractivity contribution in [2.75, 3.05) is 26.5 Å². The van der Waals surface area contributed by atoms with Crippen LogP contribution < -0.4 is 4.74 Å². The zero-order valence-corrected chi connectivity index (χ0v) is 15.4. The van der Waals surface area contributed by atoms with E-state index in [0.29, 0.717) is 17.6 Å². The third-order valence-electron chi connectivity index (χ3n) is 3.11. The largest absolute Gasteiger partial charge is 0.476 e. The molecule has 0 saturated carbocycles. The van der Waals surface area contributed by atoms with Gasteiger partial charge in [-0.3, -0.25) is 4.79 Å². The first kappa shape index (κ1) is 18.8. The third-order valence-corrected chi connectivity index (χ3v) is 4.67. The Morgan fingerprint density at radius 2 is 2.08 bits per heavy atom. The van der Waals surface area contributed by atoms with E-state index in [1.54, 1.807) is 45.0 Å². The highest BCUT2D eigenvalue weighted by Crippen LogP contribution is 2.21. The molecule has 0 aliphatic carbocycles. The summed E-state index contributed by atoms with van der Waals surface area (Å²) in [5, 5.41) is 4.18. The molecule has 2 heterocycles. The molecular weight excluding hydrogens is 346 g/mol. The molecule has 0 aliphatic heterocycles. The van der Waals surface area contributed by atoms with Crippen LogP contribution in [0.4, 0.5) is 0 Å². The van der Waals surface area contributed by atoms with Gasteiger partial charge in [0.2, 0.25) is 5.88 Å². The lowest BCUT2D eigenvalue weighted by atomic mass is 9.98. The van der Waals surface area contributed by atoms with Crippen molar-refractivity contribution in [3.8, 4) is 5.88 Å². The van der Waals surface area contributed by atoms with Crippen LogP contribution in [0.2, 0.25) is 0 Å². The summed E-state index contributed by atoms with van der Waals surface area (Å²) in [5.41, 5.74) is 0.149. The van der Waals surface area contributed by atoms with Gasteiger partial charge in [-0.2, -0.15) is 4.40 Å². The maximum atomic E-state index is 12.0. The first-order valence-electron chi connectivity index (χ1n) is 7.49. The molecule has 10 heteroatoms. The number of aldehydes is 1. The topological polar surface area (TPSA) is 106 Å². The number of carbonyl (C=O) groups excluding carboxylic acids is 1. The minimum atomic E-state index is -3.61. The van der Waals surface area contributed by atoms with Crippen LogP contribution in [0.5, 0.6) is 5.88 Å². The van der Waals surface area contributed by atoms with E-state index in [9.17, 15) is 13.2 Å². The molecule has 25 heavy (non-hydrogen) atoms. The van der Waals surface area contributed by atoms with Crippen LogP contribution in [-0.4, -0.2) is 67.0 Å². The Morgan fingerprint density at radius 3 is 2.72 bits per heavy atom. The number of sulfonamides is 1. The SMILES string of the molecule is CN(C)/C=N/S(=O)(=O)CC(C)(C)COc1ccc2ncc(C=O)n2n1. The molecule has 2 aromatic rings. The van der Waals surface area contributed by atoms with Crippen molar-refractivity contribution in [3.05, 3.63) is 24.0 Å². The number of carbonyl (C=O) groups is 1. The number of nitrogens with zero attached hydrogens (tertiary/aromatic N) is 5. The Morgan fingerprint density at radius 1 is 1.36 bits per heavy atom. The number of hydrogen-bond acceptors (Lipinski definition) is 6. The quantitative estimate of drug-likeness (QED) is 0.387. The molecule has 2 aromatic heterocycles. The zero-order chi connectivity index (χ0) is 18.7. The van der Waals surface area contributed by atoms with E-state index in [2.05, 4.69) is 14.5 Å². The average Bonchev–Trinajstić information content (AvgIpc) is 2.92. The van der Waals surface area contributed by atoms with E-state index in [-0.39, 0.29) is 18.2 Å². The second-order valence-electron chi connectivity index (χ2n) is 6.61. The van der Waals surface area contributed by atoms with Crippen molar-refractivity contribution in [2.24, 2.45) is 9.81 Å². The molecular formula is C15H21N5O4S. The summed E-state index contributed by atoms with van der Waals surface area (Å²) < 4.78 is 34.7. The lowest BCUT2D eigenvalue weighted by Crippen LogP contribution is -2.30. The molecule has 0 spiro atoms. The lowest BCUT2D eigenvalue weighted by molar-refractivity contribution is 0.111. The number of fused-ring (bicyclic) bond motifs is 1. The van der Waals surface area contributed by atoms with Crippen molar-refractivity contribution in [3.63, 3.8) is 0 Å². The van der Waals surface area contributed by atoms with Crippen molar-refractivity contribution in [1.29, 1.82) is 0 Å². The number of ether oxygens (including phenoxy) is 1. The van der Waals surface area contributed by atoms with Gasteiger partial charge in [0.1, 0.15) is 12.0 Å². The van der Waals surface area contributed by atoms with Gasteiger partial charge in [0.05, 0.1) is 18.6 Å². The van der Waals surface area contributed by atoms with E-state index in [1.807, 2.05) is 0 Å². The lowest BCUT2D eigenvalue weighted by Gasteiger charge is -2.23. The standard InChI is InChI=1S/C15H21N5O4S/c1-15(2,10-25(22,23)17-11-19(3)4)9-24-14-6-5-13-16-7-12(8-21)20(13)18-14/h5-8,11H,9-10H2,1-4H3/b17-11+. The fourth-order valence-electron chi connectivity index (χ4n) is 2.04. The fourth-order valence-corrected chi connectivity index (χ4v) is 3.52. The van der Waals surface area contributed by atoms with Crippen molar-refractivity contribution in [2.45, 2.75) is 13.8 Å². The third kappa shape index (κ3) is 5.24. The second kappa shape index (κ2) is 7.18. The van der Waals surface area contributed by atoms with E-state index in [0.717, 1.165) is 0 Å². The van der Waals surface area contributed by atoms with Gasteiger partial charge >= 0.3 is 0 Å². The fraction of sp³-hybridized carbons (Fsp3) is 0.467. The van der Waals surface area contributed by atoms with Crippen LogP contribution in [0.15, 0.2) is 22.7 Å². The predicted octanol–water partition coefficient (Wildman–Crippen LogP) is 0.866. The number of rotatable bonds is 8. The van der Waals surface area contributed by atoms with Gasteiger partial charge in [0.15, 0.2) is 11.9 Å². The molecule has 0 atom stereocenters. The molecule has 136 valence electrons. The number of aromatic nitrogens is 3. The van der Waals surface area contributed by atoms with Gasteiger partial charge in [-0.25, -0.2) is 17.9 Å². The van der Waals surface area contributed by atoms with Crippen LogP contribution in [0.3, 0.4) is 0 Å². The van der Waals surface area contributed by atoms with Crippen LogP contribution in [0.1, 0.15) is 24.3 Å². The van der Waals surface area contributed by atoms with Gasteiger partial charge in [0.25, 0.3) is 10.0 Å². The average molecular weight is 367 g/mol. The first-order chi connectivity index (χ1) is 11.6. The van der Waals surface area contributed by atoms with E-state index >= 15 is 0 Å². The van der Waals surface area contributed by atoms with E-state index < -0.39 is 15.4 Å². The van der Waals surface area contributed by atoms with Crippen LogP contribution >= 0.6 is 0 Å². The Labute approximate surface area is 146 Å². The molecule has 0 radical (unpaired) electrons.